The number of anilines is 1. The summed E-state index contributed by atoms with van der Waals surface area (Å²) in [5.74, 6) is -0.349. The number of amides is 1. The van der Waals surface area contributed by atoms with Crippen molar-refractivity contribution < 1.29 is 9.18 Å². The Balaban J connectivity index is 1.66. The second kappa shape index (κ2) is 8.60. The Morgan fingerprint density at radius 1 is 1.07 bits per heavy atom. The molecule has 7 heteroatoms. The highest BCUT2D eigenvalue weighted by Gasteiger charge is 2.11. The minimum atomic E-state index is -0.315. The van der Waals surface area contributed by atoms with Crippen molar-refractivity contribution in [3.63, 3.8) is 0 Å². The van der Waals surface area contributed by atoms with Gasteiger partial charge in [0.25, 0.3) is 5.91 Å². The molecule has 0 atom stereocenters. The molecule has 27 heavy (non-hydrogen) atoms. The van der Waals surface area contributed by atoms with Crippen LogP contribution < -0.4 is 10.6 Å². The van der Waals surface area contributed by atoms with Gasteiger partial charge in [-0.2, -0.15) is 0 Å². The van der Waals surface area contributed by atoms with Crippen molar-refractivity contribution in [1.82, 2.24) is 15.3 Å². The number of nitrogens with one attached hydrogen (secondary N) is 2. The van der Waals surface area contributed by atoms with Crippen LogP contribution in [0.3, 0.4) is 0 Å². The predicted molar refractivity (Wildman–Crippen MR) is 103 cm³/mol. The quantitative estimate of drug-likeness (QED) is 0.671. The van der Waals surface area contributed by atoms with Gasteiger partial charge in [0.2, 0.25) is 5.95 Å². The van der Waals surface area contributed by atoms with Crippen molar-refractivity contribution in [2.75, 3.05) is 5.32 Å². The Kier molecular flexibility index (Phi) is 5.98. The zero-order valence-corrected chi connectivity index (χ0v) is 15.4. The molecule has 138 valence electrons. The summed E-state index contributed by atoms with van der Waals surface area (Å²) in [6, 6.07) is 15.3. The number of carbonyl (C=O) groups excluding carboxylic acids is 1. The second-order valence-corrected chi connectivity index (χ2v) is 6.41. The summed E-state index contributed by atoms with van der Waals surface area (Å²) in [6.45, 7) is 2.35. The van der Waals surface area contributed by atoms with Gasteiger partial charge in [0.1, 0.15) is 11.5 Å². The standard InChI is InChI=1S/C20H18ClFN4O/c1-13-10-18(19(27)23-11-14-6-8-16(21)9-7-14)26-20(25-13)24-12-15-4-2-3-5-17(15)22/h2-10H,11-12H2,1H3,(H,23,27)(H,24,25,26). The molecule has 0 bridgehead atoms. The van der Waals surface area contributed by atoms with Crippen LogP contribution in [0.1, 0.15) is 27.3 Å². The summed E-state index contributed by atoms with van der Waals surface area (Å²) in [7, 11) is 0. The third kappa shape index (κ3) is 5.24. The van der Waals surface area contributed by atoms with Crippen LogP contribution in [0.25, 0.3) is 0 Å². The largest absolute Gasteiger partial charge is 0.350 e. The fraction of sp³-hybridized carbons (Fsp3) is 0.150. The average Bonchev–Trinajstić information content (AvgIpc) is 2.66. The summed E-state index contributed by atoms with van der Waals surface area (Å²) in [5.41, 5.74) is 2.30. The summed E-state index contributed by atoms with van der Waals surface area (Å²) < 4.78 is 13.7. The lowest BCUT2D eigenvalue weighted by Gasteiger charge is -2.09. The third-order valence-corrected chi connectivity index (χ3v) is 4.10. The van der Waals surface area contributed by atoms with Crippen molar-refractivity contribution in [3.05, 3.63) is 88.0 Å². The minimum Gasteiger partial charge on any atom is -0.350 e. The van der Waals surface area contributed by atoms with Crippen molar-refractivity contribution in [1.29, 1.82) is 0 Å². The Hall–Kier alpha value is -2.99. The van der Waals surface area contributed by atoms with Crippen LogP contribution in [-0.2, 0) is 13.1 Å². The van der Waals surface area contributed by atoms with Crippen LogP contribution in [0.15, 0.2) is 54.6 Å². The molecule has 1 heterocycles. The number of halogens is 2. The van der Waals surface area contributed by atoms with Crippen molar-refractivity contribution >= 4 is 23.5 Å². The summed E-state index contributed by atoms with van der Waals surface area (Å²) >= 11 is 5.85. The molecule has 5 nitrogen and oxygen atoms in total. The van der Waals surface area contributed by atoms with Gasteiger partial charge in [-0.1, -0.05) is 41.9 Å². The van der Waals surface area contributed by atoms with Crippen molar-refractivity contribution in [3.8, 4) is 0 Å². The van der Waals surface area contributed by atoms with Gasteiger partial charge in [0, 0.05) is 29.4 Å². The van der Waals surface area contributed by atoms with E-state index >= 15 is 0 Å². The molecule has 0 radical (unpaired) electrons. The SMILES string of the molecule is Cc1cc(C(=O)NCc2ccc(Cl)cc2)nc(NCc2ccccc2F)n1. The number of carbonyl (C=O) groups is 1. The van der Waals surface area contributed by atoms with E-state index in [0.717, 1.165) is 5.56 Å². The van der Waals surface area contributed by atoms with Crippen LogP contribution in [0.2, 0.25) is 5.02 Å². The van der Waals surface area contributed by atoms with E-state index in [0.29, 0.717) is 22.8 Å². The first-order valence-electron chi connectivity index (χ1n) is 8.37. The molecule has 3 rings (SSSR count). The molecule has 0 aliphatic carbocycles. The molecule has 0 fully saturated rings. The molecule has 0 aliphatic rings. The molecule has 2 N–H and O–H groups in total. The Morgan fingerprint density at radius 2 is 1.81 bits per heavy atom. The van der Waals surface area contributed by atoms with E-state index in [4.69, 9.17) is 11.6 Å². The molecule has 0 unspecified atom stereocenters. The van der Waals surface area contributed by atoms with Gasteiger partial charge in [-0.25, -0.2) is 14.4 Å². The highest BCUT2D eigenvalue weighted by molar-refractivity contribution is 6.30. The highest BCUT2D eigenvalue weighted by atomic mass is 35.5. The van der Waals surface area contributed by atoms with E-state index < -0.39 is 0 Å². The van der Waals surface area contributed by atoms with E-state index in [2.05, 4.69) is 20.6 Å². The lowest BCUT2D eigenvalue weighted by molar-refractivity contribution is 0.0945. The van der Waals surface area contributed by atoms with Gasteiger partial charge in [-0.3, -0.25) is 4.79 Å². The Bertz CT molecular complexity index is 947. The molecule has 0 aliphatic heterocycles. The molecule has 0 saturated carbocycles. The van der Waals surface area contributed by atoms with Crippen LogP contribution in [-0.4, -0.2) is 15.9 Å². The fourth-order valence-electron chi connectivity index (χ4n) is 2.46. The topological polar surface area (TPSA) is 66.9 Å². The molecule has 2 aromatic carbocycles. The van der Waals surface area contributed by atoms with Crippen LogP contribution in [0.5, 0.6) is 0 Å². The second-order valence-electron chi connectivity index (χ2n) is 5.97. The lowest BCUT2D eigenvalue weighted by Crippen LogP contribution is -2.24. The number of rotatable bonds is 6. The van der Waals surface area contributed by atoms with E-state index in [-0.39, 0.29) is 29.9 Å². The summed E-state index contributed by atoms with van der Waals surface area (Å²) in [4.78, 5) is 20.9. The number of aryl methyl sites for hydroxylation is 1. The zero-order valence-electron chi connectivity index (χ0n) is 14.7. The first-order chi connectivity index (χ1) is 13.0. The van der Waals surface area contributed by atoms with E-state index in [9.17, 15) is 9.18 Å². The smallest absolute Gasteiger partial charge is 0.270 e. The van der Waals surface area contributed by atoms with Crippen molar-refractivity contribution in [2.24, 2.45) is 0 Å². The fourth-order valence-corrected chi connectivity index (χ4v) is 2.58. The molecule has 0 spiro atoms. The first-order valence-corrected chi connectivity index (χ1v) is 8.74. The number of aromatic nitrogens is 2. The number of hydrogen-bond acceptors (Lipinski definition) is 4. The first kappa shape index (κ1) is 18.8. The summed E-state index contributed by atoms with van der Waals surface area (Å²) in [6.07, 6.45) is 0. The maximum Gasteiger partial charge on any atom is 0.270 e. The normalized spacial score (nSPS) is 10.5. The Morgan fingerprint density at radius 3 is 2.56 bits per heavy atom. The van der Waals surface area contributed by atoms with Gasteiger partial charge >= 0.3 is 0 Å². The van der Waals surface area contributed by atoms with Crippen molar-refractivity contribution in [2.45, 2.75) is 20.0 Å². The minimum absolute atomic E-state index is 0.224. The molecule has 1 amide bonds. The molecular formula is C20H18ClFN4O. The lowest BCUT2D eigenvalue weighted by atomic mass is 10.2. The Labute approximate surface area is 161 Å². The molecule has 3 aromatic rings. The van der Waals surface area contributed by atoms with Crippen LogP contribution >= 0.6 is 11.6 Å². The number of nitrogens with zero attached hydrogens (tertiary/aromatic N) is 2. The van der Waals surface area contributed by atoms with Gasteiger partial charge in [-0.05, 0) is 36.8 Å². The molecule has 0 saturated heterocycles. The molecule has 1 aromatic heterocycles. The highest BCUT2D eigenvalue weighted by Crippen LogP contribution is 2.11. The summed E-state index contributed by atoms with van der Waals surface area (Å²) in [5, 5.41) is 6.41. The third-order valence-electron chi connectivity index (χ3n) is 3.85. The number of benzene rings is 2. The average molecular weight is 385 g/mol. The van der Waals surface area contributed by atoms with Crippen LogP contribution in [0.4, 0.5) is 10.3 Å². The van der Waals surface area contributed by atoms with Crippen LogP contribution in [0, 0.1) is 12.7 Å². The monoisotopic (exact) mass is 384 g/mol. The number of hydrogen-bond donors (Lipinski definition) is 2. The maximum absolute atomic E-state index is 13.7. The van der Waals surface area contributed by atoms with Gasteiger partial charge in [0.05, 0.1) is 0 Å². The van der Waals surface area contributed by atoms with Gasteiger partial charge in [0.15, 0.2) is 0 Å². The maximum atomic E-state index is 13.7. The van der Waals surface area contributed by atoms with Gasteiger partial charge in [-0.15, -0.1) is 0 Å². The zero-order chi connectivity index (χ0) is 19.2. The van der Waals surface area contributed by atoms with E-state index in [1.807, 2.05) is 12.1 Å². The van der Waals surface area contributed by atoms with E-state index in [1.54, 1.807) is 43.3 Å². The molecular weight excluding hydrogens is 367 g/mol. The predicted octanol–water partition coefficient (Wildman–Crippen LogP) is 4.12. The van der Waals surface area contributed by atoms with E-state index in [1.165, 1.54) is 6.07 Å². The van der Waals surface area contributed by atoms with Gasteiger partial charge < -0.3 is 10.6 Å².